The molecule has 0 saturated heterocycles. The highest BCUT2D eigenvalue weighted by atomic mass is 35.5. The summed E-state index contributed by atoms with van der Waals surface area (Å²) in [5.41, 5.74) is 6.85. The van der Waals surface area contributed by atoms with Crippen molar-refractivity contribution in [3.63, 3.8) is 0 Å². The van der Waals surface area contributed by atoms with Gasteiger partial charge in [-0.05, 0) is 62.5 Å². The SMILES string of the molecule is CC(C)(C)C(C)(C)c1ccccc1CC#N.Cc1cc(CCl)c(C(C)(C)C(C)(C)C)cc1C#N. The number of nitrogens with zero attached hydrogens (tertiary/aromatic N) is 2. The molecule has 0 spiro atoms. The first kappa shape index (κ1) is 29.7. The molecule has 0 aliphatic carbocycles. The second-order valence-electron chi connectivity index (χ2n) is 12.3. The summed E-state index contributed by atoms with van der Waals surface area (Å²) in [6, 6.07) is 16.9. The van der Waals surface area contributed by atoms with E-state index in [4.69, 9.17) is 16.9 Å². The van der Waals surface area contributed by atoms with Gasteiger partial charge in [0.2, 0.25) is 0 Å². The molecule has 2 aromatic carbocycles. The zero-order valence-electron chi connectivity index (χ0n) is 23.2. The van der Waals surface area contributed by atoms with Crippen LogP contribution in [0.1, 0.15) is 103 Å². The third-order valence-corrected chi connectivity index (χ3v) is 8.39. The predicted octanol–water partition coefficient (Wildman–Crippen LogP) is 9.01. The molecule has 0 heterocycles. The van der Waals surface area contributed by atoms with E-state index in [1.807, 2.05) is 25.1 Å². The van der Waals surface area contributed by atoms with Gasteiger partial charge in [0.25, 0.3) is 0 Å². The first-order valence-corrected chi connectivity index (χ1v) is 12.5. The van der Waals surface area contributed by atoms with Crippen molar-refractivity contribution in [1.29, 1.82) is 10.5 Å². The Balaban J connectivity index is 0.000000342. The molecule has 2 aromatic rings. The molecular formula is C31H43ClN2. The van der Waals surface area contributed by atoms with Crippen LogP contribution in [-0.2, 0) is 23.1 Å². The summed E-state index contributed by atoms with van der Waals surface area (Å²) >= 11 is 6.07. The predicted molar refractivity (Wildman–Crippen MR) is 146 cm³/mol. The molecule has 2 nitrogen and oxygen atoms in total. The van der Waals surface area contributed by atoms with Crippen molar-refractivity contribution in [2.75, 3.05) is 0 Å². The van der Waals surface area contributed by atoms with Gasteiger partial charge in [-0.3, -0.25) is 0 Å². The normalized spacial score (nSPS) is 12.3. The topological polar surface area (TPSA) is 47.6 Å². The van der Waals surface area contributed by atoms with Gasteiger partial charge in [0.05, 0.1) is 24.1 Å². The zero-order chi connectivity index (χ0) is 26.5. The Labute approximate surface area is 214 Å². The lowest BCUT2D eigenvalue weighted by Gasteiger charge is -2.40. The second kappa shape index (κ2) is 11.0. The van der Waals surface area contributed by atoms with Crippen molar-refractivity contribution in [3.05, 3.63) is 69.8 Å². The largest absolute Gasteiger partial charge is 0.198 e. The minimum absolute atomic E-state index is 0.0312. The molecule has 0 aliphatic rings. The highest BCUT2D eigenvalue weighted by molar-refractivity contribution is 6.17. The van der Waals surface area contributed by atoms with E-state index in [0.717, 1.165) is 22.3 Å². The fourth-order valence-electron chi connectivity index (χ4n) is 3.76. The number of hydrogen-bond acceptors (Lipinski definition) is 2. The Kier molecular flexibility index (Phi) is 9.60. The molecule has 0 aromatic heterocycles. The summed E-state index contributed by atoms with van der Waals surface area (Å²) in [6.07, 6.45) is 0.496. The van der Waals surface area contributed by atoms with E-state index in [1.165, 1.54) is 11.1 Å². The van der Waals surface area contributed by atoms with Crippen LogP contribution in [0.15, 0.2) is 36.4 Å². The monoisotopic (exact) mass is 478 g/mol. The summed E-state index contributed by atoms with van der Waals surface area (Å²) in [6.45, 7) is 24.3. The van der Waals surface area contributed by atoms with Crippen molar-refractivity contribution in [3.8, 4) is 12.1 Å². The number of alkyl halides is 1. The first-order chi connectivity index (χ1) is 15.5. The van der Waals surface area contributed by atoms with Gasteiger partial charge in [0, 0.05) is 5.88 Å². The van der Waals surface area contributed by atoms with Gasteiger partial charge in [0.15, 0.2) is 0 Å². The molecule has 0 N–H and O–H groups in total. The number of benzene rings is 2. The van der Waals surface area contributed by atoms with E-state index < -0.39 is 0 Å². The van der Waals surface area contributed by atoms with Gasteiger partial charge < -0.3 is 0 Å². The Hall–Kier alpha value is -2.29. The number of hydrogen-bond donors (Lipinski definition) is 0. The Bertz CT molecular complexity index is 1060. The van der Waals surface area contributed by atoms with Crippen LogP contribution in [0.4, 0.5) is 0 Å². The lowest BCUT2D eigenvalue weighted by molar-refractivity contribution is 0.224. The van der Waals surface area contributed by atoms with Gasteiger partial charge >= 0.3 is 0 Å². The summed E-state index contributed by atoms with van der Waals surface area (Å²) in [5.74, 6) is 0.487. The third-order valence-electron chi connectivity index (χ3n) is 8.10. The molecule has 0 atom stereocenters. The molecule has 34 heavy (non-hydrogen) atoms. The van der Waals surface area contributed by atoms with Crippen molar-refractivity contribution in [2.24, 2.45) is 10.8 Å². The van der Waals surface area contributed by atoms with Crippen molar-refractivity contribution in [2.45, 2.75) is 99.3 Å². The minimum atomic E-state index is -0.0312. The Morgan fingerprint density at radius 1 is 0.735 bits per heavy atom. The van der Waals surface area contributed by atoms with Crippen LogP contribution in [0.25, 0.3) is 0 Å². The van der Waals surface area contributed by atoms with Crippen LogP contribution < -0.4 is 0 Å². The standard InChI is InChI=1S/C16H22ClN.C15H21N/c1-11-7-12(9-17)14(8-13(11)10-18)16(5,6)15(2,3)4;1-14(2,3)15(4,5)13-9-7-6-8-12(13)10-11-16/h7-8H,9H2,1-6H3;6-9H,10H2,1-5H3. The molecular weight excluding hydrogens is 436 g/mol. The van der Waals surface area contributed by atoms with E-state index in [9.17, 15) is 5.26 Å². The van der Waals surface area contributed by atoms with Gasteiger partial charge in [-0.2, -0.15) is 10.5 Å². The van der Waals surface area contributed by atoms with Crippen molar-refractivity contribution < 1.29 is 0 Å². The van der Waals surface area contributed by atoms with Crippen LogP contribution >= 0.6 is 11.6 Å². The summed E-state index contributed by atoms with van der Waals surface area (Å²) in [5, 5.41) is 18.1. The number of rotatable bonds is 4. The van der Waals surface area contributed by atoms with E-state index in [0.29, 0.717) is 12.3 Å². The first-order valence-electron chi connectivity index (χ1n) is 12.0. The summed E-state index contributed by atoms with van der Waals surface area (Å²) < 4.78 is 0. The fraction of sp³-hybridized carbons (Fsp3) is 0.548. The molecule has 0 aliphatic heterocycles. The van der Waals surface area contributed by atoms with Gasteiger partial charge in [0.1, 0.15) is 0 Å². The molecule has 0 amide bonds. The number of aryl methyl sites for hydroxylation is 1. The van der Waals surface area contributed by atoms with Gasteiger partial charge in [-0.1, -0.05) is 99.6 Å². The van der Waals surface area contributed by atoms with Crippen LogP contribution in [0.3, 0.4) is 0 Å². The van der Waals surface area contributed by atoms with E-state index in [1.54, 1.807) is 0 Å². The van der Waals surface area contributed by atoms with E-state index >= 15 is 0 Å². The lowest BCUT2D eigenvalue weighted by atomic mass is 9.64. The molecule has 0 bridgehead atoms. The van der Waals surface area contributed by atoms with E-state index in [-0.39, 0.29) is 21.7 Å². The highest BCUT2D eigenvalue weighted by Gasteiger charge is 2.37. The maximum absolute atomic E-state index is 9.19. The smallest absolute Gasteiger partial charge is 0.0994 e. The van der Waals surface area contributed by atoms with Crippen LogP contribution in [0.5, 0.6) is 0 Å². The summed E-state index contributed by atoms with van der Waals surface area (Å²) in [7, 11) is 0. The molecule has 2 rings (SSSR count). The molecule has 0 unspecified atom stereocenters. The maximum atomic E-state index is 9.19. The Morgan fingerprint density at radius 2 is 1.24 bits per heavy atom. The second-order valence-corrected chi connectivity index (χ2v) is 12.6. The van der Waals surface area contributed by atoms with Gasteiger partial charge in [-0.25, -0.2) is 0 Å². The quantitative estimate of drug-likeness (QED) is 0.411. The van der Waals surface area contributed by atoms with Crippen molar-refractivity contribution in [1.82, 2.24) is 0 Å². The number of nitriles is 2. The van der Waals surface area contributed by atoms with Crippen molar-refractivity contribution >= 4 is 11.6 Å². The van der Waals surface area contributed by atoms with Crippen LogP contribution in [0.2, 0.25) is 0 Å². The average Bonchev–Trinajstić information content (AvgIpc) is 2.72. The minimum Gasteiger partial charge on any atom is -0.198 e. The molecule has 184 valence electrons. The number of halogens is 1. The molecule has 3 heteroatoms. The highest BCUT2D eigenvalue weighted by Crippen LogP contribution is 2.43. The maximum Gasteiger partial charge on any atom is 0.0994 e. The molecule has 0 fully saturated rings. The molecule has 0 radical (unpaired) electrons. The zero-order valence-corrected chi connectivity index (χ0v) is 23.9. The Morgan fingerprint density at radius 3 is 1.68 bits per heavy atom. The average molecular weight is 479 g/mol. The van der Waals surface area contributed by atoms with Gasteiger partial charge in [-0.15, -0.1) is 11.6 Å². The molecule has 0 saturated carbocycles. The van der Waals surface area contributed by atoms with Crippen LogP contribution in [-0.4, -0.2) is 0 Å². The summed E-state index contributed by atoms with van der Waals surface area (Å²) in [4.78, 5) is 0. The van der Waals surface area contributed by atoms with E-state index in [2.05, 4.69) is 99.6 Å². The lowest BCUT2D eigenvalue weighted by Crippen LogP contribution is -2.35. The van der Waals surface area contributed by atoms with Crippen LogP contribution in [0, 0.1) is 40.4 Å². The fourth-order valence-corrected chi connectivity index (χ4v) is 3.98. The third kappa shape index (κ3) is 6.43.